The molecule has 0 saturated carbocycles. The Hall–Kier alpha value is -3.09. The van der Waals surface area contributed by atoms with E-state index in [-0.39, 0.29) is 25.7 Å². The molecule has 1 aromatic rings. The molecule has 0 aliphatic rings. The van der Waals surface area contributed by atoms with Crippen molar-refractivity contribution in [2.45, 2.75) is 72.4 Å². The number of benzene rings is 1. The van der Waals surface area contributed by atoms with Crippen LogP contribution in [0, 0.1) is 18.3 Å². The fourth-order valence-corrected chi connectivity index (χ4v) is 2.80. The SMILES string of the molecule is C#CCOCc1cc(NC(=O)[C@H](C)NC(=O)[C@@H](NC(=O)OC(C)(C)C)C(C)C)ccc1CO. The number of aliphatic hydroxyl groups excluding tert-OH is 1. The maximum Gasteiger partial charge on any atom is 0.408 e. The van der Waals surface area contributed by atoms with Crippen LogP contribution in [0.4, 0.5) is 10.5 Å². The Balaban J connectivity index is 2.79. The molecule has 0 spiro atoms. The van der Waals surface area contributed by atoms with E-state index in [0.717, 1.165) is 0 Å². The van der Waals surface area contributed by atoms with Crippen LogP contribution in [0.1, 0.15) is 52.7 Å². The van der Waals surface area contributed by atoms with Crippen LogP contribution in [0.5, 0.6) is 0 Å². The van der Waals surface area contributed by atoms with Crippen LogP contribution < -0.4 is 16.0 Å². The minimum atomic E-state index is -0.877. The highest BCUT2D eigenvalue weighted by Crippen LogP contribution is 2.18. The molecule has 3 amide bonds. The molecule has 0 aliphatic carbocycles. The van der Waals surface area contributed by atoms with Crippen molar-refractivity contribution >= 4 is 23.6 Å². The van der Waals surface area contributed by atoms with Gasteiger partial charge in [-0.15, -0.1) is 6.42 Å². The first-order chi connectivity index (χ1) is 15.4. The molecule has 1 rings (SSSR count). The average Bonchev–Trinajstić information content (AvgIpc) is 2.70. The van der Waals surface area contributed by atoms with Gasteiger partial charge >= 0.3 is 6.09 Å². The van der Waals surface area contributed by atoms with Crippen molar-refractivity contribution < 1.29 is 29.0 Å². The molecule has 0 aromatic heterocycles. The number of terminal acetylenes is 1. The molecule has 9 heteroatoms. The lowest BCUT2D eigenvalue weighted by molar-refractivity contribution is -0.128. The van der Waals surface area contributed by atoms with Gasteiger partial charge < -0.3 is 30.5 Å². The van der Waals surface area contributed by atoms with Crippen LogP contribution in [0.3, 0.4) is 0 Å². The Morgan fingerprint density at radius 3 is 2.30 bits per heavy atom. The third kappa shape index (κ3) is 9.93. The quantitative estimate of drug-likeness (QED) is 0.313. The van der Waals surface area contributed by atoms with Gasteiger partial charge in [0.05, 0.1) is 13.2 Å². The predicted molar refractivity (Wildman–Crippen MR) is 125 cm³/mol. The highest BCUT2D eigenvalue weighted by atomic mass is 16.6. The first-order valence-corrected chi connectivity index (χ1v) is 10.7. The van der Waals surface area contributed by atoms with E-state index >= 15 is 0 Å². The number of hydrogen-bond acceptors (Lipinski definition) is 6. The molecular weight excluding hydrogens is 426 g/mol. The summed E-state index contributed by atoms with van der Waals surface area (Å²) in [5.41, 5.74) is 1.11. The Kier molecular flexibility index (Phi) is 10.9. The number of hydrogen-bond donors (Lipinski definition) is 4. The number of anilines is 1. The van der Waals surface area contributed by atoms with Gasteiger partial charge in [0.2, 0.25) is 11.8 Å². The van der Waals surface area contributed by atoms with E-state index in [2.05, 4.69) is 21.9 Å². The van der Waals surface area contributed by atoms with Crippen molar-refractivity contribution in [2.75, 3.05) is 11.9 Å². The van der Waals surface area contributed by atoms with Crippen molar-refractivity contribution in [1.82, 2.24) is 10.6 Å². The van der Waals surface area contributed by atoms with Crippen molar-refractivity contribution in [2.24, 2.45) is 5.92 Å². The monoisotopic (exact) mass is 461 g/mol. The van der Waals surface area contributed by atoms with E-state index in [4.69, 9.17) is 15.9 Å². The summed E-state index contributed by atoms with van der Waals surface area (Å²) in [4.78, 5) is 37.4. The zero-order valence-corrected chi connectivity index (χ0v) is 20.2. The number of alkyl carbamates (subject to hydrolysis) is 1. The number of rotatable bonds is 10. The van der Waals surface area contributed by atoms with E-state index < -0.39 is 35.6 Å². The maximum atomic E-state index is 12.7. The number of carbonyl (C=O) groups is 3. The summed E-state index contributed by atoms with van der Waals surface area (Å²) >= 11 is 0. The summed E-state index contributed by atoms with van der Waals surface area (Å²) in [7, 11) is 0. The Labute approximate surface area is 195 Å². The summed E-state index contributed by atoms with van der Waals surface area (Å²) in [6, 6.07) is 3.24. The van der Waals surface area contributed by atoms with Gasteiger partial charge in [-0.3, -0.25) is 9.59 Å². The van der Waals surface area contributed by atoms with Gasteiger partial charge in [-0.1, -0.05) is 25.8 Å². The highest BCUT2D eigenvalue weighted by molar-refractivity contribution is 5.98. The van der Waals surface area contributed by atoms with E-state index in [0.29, 0.717) is 16.8 Å². The van der Waals surface area contributed by atoms with Gasteiger partial charge in [0.1, 0.15) is 24.3 Å². The predicted octanol–water partition coefficient (Wildman–Crippen LogP) is 2.32. The number of carbonyl (C=O) groups excluding carboxylic acids is 3. The fraction of sp³-hybridized carbons (Fsp3) is 0.542. The van der Waals surface area contributed by atoms with Crippen LogP contribution in [-0.4, -0.2) is 47.3 Å². The standard InChI is InChI=1S/C24H35N3O6/c1-8-11-32-14-18-12-19(10-9-17(18)13-28)26-21(29)16(4)25-22(30)20(15(2)3)27-23(31)33-24(5,6)7/h1,9-10,12,15-16,20,28H,11,13-14H2,2-7H3,(H,25,30)(H,26,29)(H,27,31)/t16-,20-/m0/s1. The summed E-state index contributed by atoms with van der Waals surface area (Å²) < 4.78 is 10.5. The molecule has 0 unspecified atom stereocenters. The van der Waals surface area contributed by atoms with E-state index in [1.54, 1.807) is 52.8 Å². The molecule has 9 nitrogen and oxygen atoms in total. The second-order valence-corrected chi connectivity index (χ2v) is 8.93. The topological polar surface area (TPSA) is 126 Å². The molecule has 182 valence electrons. The number of ether oxygens (including phenoxy) is 2. The first kappa shape index (κ1) is 27.9. The molecule has 33 heavy (non-hydrogen) atoms. The third-order valence-electron chi connectivity index (χ3n) is 4.46. The van der Waals surface area contributed by atoms with Gasteiger partial charge in [-0.2, -0.15) is 0 Å². The van der Waals surface area contributed by atoms with Crippen molar-refractivity contribution in [3.05, 3.63) is 29.3 Å². The normalized spacial score (nSPS) is 12.9. The van der Waals surface area contributed by atoms with Crippen molar-refractivity contribution in [3.63, 3.8) is 0 Å². The van der Waals surface area contributed by atoms with E-state index in [9.17, 15) is 19.5 Å². The summed E-state index contributed by atoms with van der Waals surface area (Å²) in [6.45, 7) is 10.4. The minimum Gasteiger partial charge on any atom is -0.444 e. The van der Waals surface area contributed by atoms with E-state index in [1.165, 1.54) is 6.92 Å². The minimum absolute atomic E-state index is 0.124. The molecular formula is C24H35N3O6. The van der Waals surface area contributed by atoms with Crippen LogP contribution in [0.25, 0.3) is 0 Å². The molecule has 1 aromatic carbocycles. The molecule has 0 heterocycles. The second kappa shape index (κ2) is 12.8. The molecule has 4 N–H and O–H groups in total. The van der Waals surface area contributed by atoms with Gasteiger partial charge in [0, 0.05) is 5.69 Å². The zero-order chi connectivity index (χ0) is 25.2. The van der Waals surface area contributed by atoms with Crippen LogP contribution in [0.15, 0.2) is 18.2 Å². The molecule has 0 bridgehead atoms. The van der Waals surface area contributed by atoms with Crippen molar-refractivity contribution in [1.29, 1.82) is 0 Å². The van der Waals surface area contributed by atoms with Crippen LogP contribution >= 0.6 is 0 Å². The third-order valence-corrected chi connectivity index (χ3v) is 4.46. The summed E-state index contributed by atoms with van der Waals surface area (Å²) in [5, 5.41) is 17.4. The number of nitrogens with one attached hydrogen (secondary N) is 3. The molecule has 0 fully saturated rings. The van der Waals surface area contributed by atoms with Crippen LogP contribution in [0.2, 0.25) is 0 Å². The lowest BCUT2D eigenvalue weighted by atomic mass is 10.0. The Morgan fingerprint density at radius 1 is 1.09 bits per heavy atom. The lowest BCUT2D eigenvalue weighted by Gasteiger charge is -2.26. The zero-order valence-electron chi connectivity index (χ0n) is 20.2. The smallest absolute Gasteiger partial charge is 0.408 e. The molecule has 0 saturated heterocycles. The van der Waals surface area contributed by atoms with Gasteiger partial charge in [0.25, 0.3) is 0 Å². The highest BCUT2D eigenvalue weighted by Gasteiger charge is 2.29. The van der Waals surface area contributed by atoms with Crippen LogP contribution in [-0.2, 0) is 32.3 Å². The summed E-state index contributed by atoms with van der Waals surface area (Å²) in [6.07, 6.45) is 4.47. The maximum absolute atomic E-state index is 12.7. The Morgan fingerprint density at radius 2 is 1.76 bits per heavy atom. The van der Waals surface area contributed by atoms with Gasteiger partial charge in [-0.05, 0) is 56.9 Å². The van der Waals surface area contributed by atoms with Gasteiger partial charge in [0.15, 0.2) is 0 Å². The second-order valence-electron chi connectivity index (χ2n) is 8.93. The largest absolute Gasteiger partial charge is 0.444 e. The van der Waals surface area contributed by atoms with Crippen molar-refractivity contribution in [3.8, 4) is 12.3 Å². The Bertz CT molecular complexity index is 870. The first-order valence-electron chi connectivity index (χ1n) is 10.7. The lowest BCUT2D eigenvalue weighted by Crippen LogP contribution is -2.54. The molecule has 0 radical (unpaired) electrons. The average molecular weight is 462 g/mol. The fourth-order valence-electron chi connectivity index (χ4n) is 2.80. The number of amides is 3. The molecule has 0 aliphatic heterocycles. The molecule has 2 atom stereocenters. The number of aliphatic hydroxyl groups is 1. The van der Waals surface area contributed by atoms with Gasteiger partial charge in [-0.25, -0.2) is 4.79 Å². The summed E-state index contributed by atoms with van der Waals surface area (Å²) in [5.74, 6) is 1.18. The van der Waals surface area contributed by atoms with E-state index in [1.807, 2.05) is 0 Å².